The largest absolute Gasteiger partial charge is 0.474 e. The fourth-order valence-corrected chi connectivity index (χ4v) is 1.16. The average molecular weight is 165 g/mol. The first-order valence-corrected chi connectivity index (χ1v) is 3.94. The van der Waals surface area contributed by atoms with Crippen LogP contribution in [0.4, 0.5) is 11.4 Å². The van der Waals surface area contributed by atoms with Crippen molar-refractivity contribution in [2.75, 3.05) is 30.8 Å². The van der Waals surface area contributed by atoms with E-state index in [2.05, 4.69) is 15.6 Å². The molecule has 0 aliphatic carbocycles. The van der Waals surface area contributed by atoms with E-state index in [1.807, 2.05) is 13.1 Å². The van der Waals surface area contributed by atoms with Gasteiger partial charge in [-0.2, -0.15) is 0 Å². The van der Waals surface area contributed by atoms with Crippen LogP contribution in [-0.2, 0) is 0 Å². The smallest absolute Gasteiger partial charge is 0.237 e. The molecule has 4 nitrogen and oxygen atoms in total. The normalized spacial score (nSPS) is 14.1. The predicted octanol–water partition coefficient (Wildman–Crippen LogP) is 0.928. The number of nitrogens with zero attached hydrogens (tertiary/aromatic N) is 1. The van der Waals surface area contributed by atoms with Gasteiger partial charge in [-0.05, 0) is 6.07 Å². The molecule has 2 heterocycles. The van der Waals surface area contributed by atoms with Gasteiger partial charge in [-0.25, -0.2) is 4.98 Å². The third-order valence-corrected chi connectivity index (χ3v) is 1.80. The monoisotopic (exact) mass is 165 g/mol. The summed E-state index contributed by atoms with van der Waals surface area (Å²) in [5.74, 6) is 0.695. The van der Waals surface area contributed by atoms with Crippen LogP contribution in [0.25, 0.3) is 0 Å². The topological polar surface area (TPSA) is 46.2 Å². The van der Waals surface area contributed by atoms with Gasteiger partial charge in [0.1, 0.15) is 6.61 Å². The zero-order chi connectivity index (χ0) is 8.39. The predicted molar refractivity (Wildman–Crippen MR) is 47.8 cm³/mol. The summed E-state index contributed by atoms with van der Waals surface area (Å²) in [7, 11) is 1.87. The van der Waals surface area contributed by atoms with E-state index in [1.54, 1.807) is 6.20 Å². The number of anilines is 2. The molecule has 1 aromatic heterocycles. The molecule has 0 bridgehead atoms. The number of rotatable bonds is 1. The highest BCUT2D eigenvalue weighted by Crippen LogP contribution is 2.26. The minimum absolute atomic E-state index is 0.693. The summed E-state index contributed by atoms with van der Waals surface area (Å²) in [5.41, 5.74) is 1.96. The van der Waals surface area contributed by atoms with Gasteiger partial charge < -0.3 is 15.4 Å². The fourth-order valence-electron chi connectivity index (χ4n) is 1.16. The SMILES string of the molecule is CNc1cnc2c(c1)NCCO2. The van der Waals surface area contributed by atoms with Crippen LogP contribution in [0.15, 0.2) is 12.3 Å². The Morgan fingerprint density at radius 2 is 2.58 bits per heavy atom. The van der Waals surface area contributed by atoms with Crippen LogP contribution in [0.2, 0.25) is 0 Å². The van der Waals surface area contributed by atoms with Crippen molar-refractivity contribution in [1.29, 1.82) is 0 Å². The molecule has 0 amide bonds. The molecule has 1 aliphatic heterocycles. The highest BCUT2D eigenvalue weighted by molar-refractivity contribution is 5.61. The molecule has 0 atom stereocenters. The van der Waals surface area contributed by atoms with Gasteiger partial charge >= 0.3 is 0 Å². The number of fused-ring (bicyclic) bond motifs is 1. The summed E-state index contributed by atoms with van der Waals surface area (Å²) >= 11 is 0. The molecule has 0 radical (unpaired) electrons. The molecule has 2 N–H and O–H groups in total. The Hall–Kier alpha value is -1.45. The third-order valence-electron chi connectivity index (χ3n) is 1.80. The number of ether oxygens (including phenoxy) is 1. The lowest BCUT2D eigenvalue weighted by atomic mass is 10.3. The first kappa shape index (κ1) is 7.21. The van der Waals surface area contributed by atoms with E-state index in [0.29, 0.717) is 12.5 Å². The van der Waals surface area contributed by atoms with Crippen LogP contribution in [0.5, 0.6) is 5.88 Å². The van der Waals surface area contributed by atoms with E-state index in [0.717, 1.165) is 17.9 Å². The van der Waals surface area contributed by atoms with E-state index in [-0.39, 0.29) is 0 Å². The van der Waals surface area contributed by atoms with Crippen molar-refractivity contribution in [3.05, 3.63) is 12.3 Å². The number of hydrogen-bond donors (Lipinski definition) is 2. The van der Waals surface area contributed by atoms with E-state index < -0.39 is 0 Å². The highest BCUT2D eigenvalue weighted by Gasteiger charge is 2.10. The van der Waals surface area contributed by atoms with Crippen LogP contribution in [-0.4, -0.2) is 25.2 Å². The van der Waals surface area contributed by atoms with Crippen molar-refractivity contribution in [3.8, 4) is 5.88 Å². The Morgan fingerprint density at radius 3 is 3.42 bits per heavy atom. The van der Waals surface area contributed by atoms with Crippen molar-refractivity contribution >= 4 is 11.4 Å². The second kappa shape index (κ2) is 2.89. The number of nitrogens with one attached hydrogen (secondary N) is 2. The van der Waals surface area contributed by atoms with Gasteiger partial charge in [0.15, 0.2) is 0 Å². The van der Waals surface area contributed by atoms with Gasteiger partial charge in [0.25, 0.3) is 0 Å². The summed E-state index contributed by atoms with van der Waals surface area (Å²) < 4.78 is 5.32. The van der Waals surface area contributed by atoms with Crippen LogP contribution in [0, 0.1) is 0 Å². The zero-order valence-corrected chi connectivity index (χ0v) is 6.92. The van der Waals surface area contributed by atoms with Crippen LogP contribution < -0.4 is 15.4 Å². The summed E-state index contributed by atoms with van der Waals surface area (Å²) in [4.78, 5) is 4.14. The standard InChI is InChI=1S/C8H11N3O/c1-9-6-4-7-8(11-5-6)12-3-2-10-7/h4-5,9-10H,2-3H2,1H3. The molecule has 4 heteroatoms. The average Bonchev–Trinajstić information content (AvgIpc) is 2.17. The van der Waals surface area contributed by atoms with Gasteiger partial charge in [-0.1, -0.05) is 0 Å². The third kappa shape index (κ3) is 1.15. The number of aromatic nitrogens is 1. The lowest BCUT2D eigenvalue weighted by molar-refractivity contribution is 0.310. The Labute approximate surface area is 71.0 Å². The van der Waals surface area contributed by atoms with Crippen molar-refractivity contribution in [2.45, 2.75) is 0 Å². The van der Waals surface area contributed by atoms with E-state index in [4.69, 9.17) is 4.74 Å². The van der Waals surface area contributed by atoms with Crippen molar-refractivity contribution in [2.24, 2.45) is 0 Å². The maximum absolute atomic E-state index is 5.32. The molecule has 64 valence electrons. The second-order valence-electron chi connectivity index (χ2n) is 2.60. The lowest BCUT2D eigenvalue weighted by Crippen LogP contribution is -2.18. The summed E-state index contributed by atoms with van der Waals surface area (Å²) in [6.45, 7) is 1.54. The molecule has 0 spiro atoms. The van der Waals surface area contributed by atoms with Crippen LogP contribution >= 0.6 is 0 Å². The summed E-state index contributed by atoms with van der Waals surface area (Å²) in [6, 6.07) is 1.99. The first-order valence-electron chi connectivity index (χ1n) is 3.94. The summed E-state index contributed by atoms with van der Waals surface area (Å²) in [5, 5.41) is 6.23. The van der Waals surface area contributed by atoms with Crippen molar-refractivity contribution in [3.63, 3.8) is 0 Å². The van der Waals surface area contributed by atoms with Crippen molar-refractivity contribution < 1.29 is 4.74 Å². The molecule has 12 heavy (non-hydrogen) atoms. The maximum atomic E-state index is 5.32. The fraction of sp³-hybridized carbons (Fsp3) is 0.375. The molecule has 0 aromatic carbocycles. The number of pyridine rings is 1. The minimum Gasteiger partial charge on any atom is -0.474 e. The van der Waals surface area contributed by atoms with Gasteiger partial charge in [0.05, 0.1) is 17.6 Å². The van der Waals surface area contributed by atoms with Gasteiger partial charge in [-0.3, -0.25) is 0 Å². The maximum Gasteiger partial charge on any atom is 0.237 e. The second-order valence-corrected chi connectivity index (χ2v) is 2.60. The van der Waals surface area contributed by atoms with E-state index >= 15 is 0 Å². The molecular weight excluding hydrogens is 154 g/mol. The Balaban J connectivity index is 2.36. The molecule has 0 unspecified atom stereocenters. The van der Waals surface area contributed by atoms with Gasteiger partial charge in [-0.15, -0.1) is 0 Å². The number of hydrogen-bond acceptors (Lipinski definition) is 4. The van der Waals surface area contributed by atoms with Crippen LogP contribution in [0.1, 0.15) is 0 Å². The van der Waals surface area contributed by atoms with Gasteiger partial charge in [0, 0.05) is 13.6 Å². The molecule has 1 aliphatic rings. The Bertz CT molecular complexity index is 288. The first-order chi connectivity index (χ1) is 5.90. The quantitative estimate of drug-likeness (QED) is 0.649. The Morgan fingerprint density at radius 1 is 1.67 bits per heavy atom. The highest BCUT2D eigenvalue weighted by atomic mass is 16.5. The van der Waals surface area contributed by atoms with E-state index in [1.165, 1.54) is 0 Å². The zero-order valence-electron chi connectivity index (χ0n) is 6.92. The molecule has 1 aromatic rings. The summed E-state index contributed by atoms with van der Waals surface area (Å²) in [6.07, 6.45) is 1.76. The molecule has 0 saturated carbocycles. The van der Waals surface area contributed by atoms with Gasteiger partial charge in [0.2, 0.25) is 5.88 Å². The van der Waals surface area contributed by atoms with E-state index in [9.17, 15) is 0 Å². The molecular formula is C8H11N3O. The minimum atomic E-state index is 0.693. The molecule has 0 saturated heterocycles. The Kier molecular flexibility index (Phi) is 1.74. The van der Waals surface area contributed by atoms with Crippen molar-refractivity contribution in [1.82, 2.24) is 4.98 Å². The molecule has 2 rings (SSSR count). The lowest BCUT2D eigenvalue weighted by Gasteiger charge is -2.18. The molecule has 0 fully saturated rings. The van der Waals surface area contributed by atoms with Crippen LogP contribution in [0.3, 0.4) is 0 Å².